The maximum absolute atomic E-state index is 10.3. The lowest BCUT2D eigenvalue weighted by Gasteiger charge is -2.26. The van der Waals surface area contributed by atoms with Gasteiger partial charge in [0.05, 0.1) is 17.2 Å². The molecule has 104 valence electrons. The average Bonchev–Trinajstić information content (AvgIpc) is 2.52. The first-order chi connectivity index (χ1) is 9.63. The summed E-state index contributed by atoms with van der Waals surface area (Å²) >= 11 is 0. The number of aliphatic hydroxyl groups is 1. The first-order valence-corrected chi connectivity index (χ1v) is 7.01. The van der Waals surface area contributed by atoms with E-state index < -0.39 is 5.60 Å². The van der Waals surface area contributed by atoms with Crippen molar-refractivity contribution in [2.75, 3.05) is 11.9 Å². The van der Waals surface area contributed by atoms with Crippen molar-refractivity contribution in [3.63, 3.8) is 0 Å². The summed E-state index contributed by atoms with van der Waals surface area (Å²) in [7, 11) is 0. The first kappa shape index (κ1) is 14.4. The first-order valence-electron chi connectivity index (χ1n) is 7.01. The van der Waals surface area contributed by atoms with Gasteiger partial charge in [0.15, 0.2) is 0 Å². The van der Waals surface area contributed by atoms with Gasteiger partial charge in [-0.1, -0.05) is 38.1 Å². The van der Waals surface area contributed by atoms with E-state index in [0.29, 0.717) is 24.9 Å². The van der Waals surface area contributed by atoms with Crippen molar-refractivity contribution in [3.05, 3.63) is 42.0 Å². The number of benzene rings is 2. The molecule has 0 aliphatic heterocycles. The predicted molar refractivity (Wildman–Crippen MR) is 82.7 cm³/mol. The second kappa shape index (κ2) is 5.94. The minimum absolute atomic E-state index is 0.510. The highest BCUT2D eigenvalue weighted by Gasteiger charge is 2.21. The minimum atomic E-state index is -0.686. The van der Waals surface area contributed by atoms with Gasteiger partial charge in [-0.25, -0.2) is 0 Å². The molecule has 0 heterocycles. The van der Waals surface area contributed by atoms with Crippen LogP contribution >= 0.6 is 0 Å². The summed E-state index contributed by atoms with van der Waals surface area (Å²) in [5.41, 5.74) is 0.946. The Morgan fingerprint density at radius 3 is 2.35 bits per heavy atom. The number of nitrogens with one attached hydrogen (secondary N) is 1. The second-order valence-corrected chi connectivity index (χ2v) is 5.10. The molecular weight excluding hydrogens is 248 g/mol. The highest BCUT2D eigenvalue weighted by atomic mass is 16.3. The zero-order chi connectivity index (χ0) is 14.6. The Morgan fingerprint density at radius 1 is 1.10 bits per heavy atom. The summed E-state index contributed by atoms with van der Waals surface area (Å²) in [5.74, 6) is 0. The molecule has 0 aliphatic carbocycles. The topological polar surface area (TPSA) is 56.0 Å². The average molecular weight is 268 g/mol. The Hall–Kier alpha value is -2.05. The fourth-order valence-electron chi connectivity index (χ4n) is 2.31. The van der Waals surface area contributed by atoms with Crippen LogP contribution in [0.1, 0.15) is 32.3 Å². The largest absolute Gasteiger partial charge is 0.388 e. The summed E-state index contributed by atoms with van der Waals surface area (Å²) in [6.45, 7) is 4.49. The molecule has 2 aromatic carbocycles. The lowest BCUT2D eigenvalue weighted by Crippen LogP contribution is -2.35. The van der Waals surface area contributed by atoms with Crippen molar-refractivity contribution in [1.29, 1.82) is 5.26 Å². The van der Waals surface area contributed by atoms with Crippen molar-refractivity contribution in [3.8, 4) is 6.07 Å². The van der Waals surface area contributed by atoms with E-state index in [4.69, 9.17) is 5.26 Å². The Labute approximate surface area is 119 Å². The lowest BCUT2D eigenvalue weighted by molar-refractivity contribution is 0.0457. The van der Waals surface area contributed by atoms with Crippen LogP contribution in [0, 0.1) is 11.3 Å². The molecule has 0 saturated heterocycles. The van der Waals surface area contributed by atoms with Crippen LogP contribution in [0.25, 0.3) is 10.8 Å². The Kier molecular flexibility index (Phi) is 4.26. The second-order valence-electron chi connectivity index (χ2n) is 5.10. The van der Waals surface area contributed by atoms with Gasteiger partial charge in [0.2, 0.25) is 0 Å². The number of hydrogen-bond donors (Lipinski definition) is 2. The quantitative estimate of drug-likeness (QED) is 0.869. The van der Waals surface area contributed by atoms with Gasteiger partial charge >= 0.3 is 0 Å². The molecule has 3 heteroatoms. The molecule has 3 nitrogen and oxygen atoms in total. The standard InChI is InChI=1S/C17H20N2O/c1-3-17(20,4-2)12-19-16-10-9-13(11-18)14-7-5-6-8-15(14)16/h5-10,19-20H,3-4,12H2,1-2H3. The third-order valence-corrected chi connectivity index (χ3v) is 3.97. The van der Waals surface area contributed by atoms with Crippen molar-refractivity contribution in [2.24, 2.45) is 0 Å². The number of nitrogens with zero attached hydrogens (tertiary/aromatic N) is 1. The zero-order valence-corrected chi connectivity index (χ0v) is 12.0. The fourth-order valence-corrected chi connectivity index (χ4v) is 2.31. The normalized spacial score (nSPS) is 11.3. The maximum Gasteiger partial charge on any atom is 0.0998 e. The molecule has 0 amide bonds. The number of hydrogen-bond acceptors (Lipinski definition) is 3. The van der Waals surface area contributed by atoms with Gasteiger partial charge in [-0.05, 0) is 25.0 Å². The van der Waals surface area contributed by atoms with Crippen LogP contribution in [0.15, 0.2) is 36.4 Å². The highest BCUT2D eigenvalue weighted by molar-refractivity contribution is 5.97. The van der Waals surface area contributed by atoms with Crippen LogP contribution < -0.4 is 5.32 Å². The molecule has 20 heavy (non-hydrogen) atoms. The number of anilines is 1. The van der Waals surface area contributed by atoms with Crippen molar-refractivity contribution in [1.82, 2.24) is 0 Å². The number of fused-ring (bicyclic) bond motifs is 1. The Balaban J connectivity index is 2.35. The van der Waals surface area contributed by atoms with Crippen LogP contribution in [0.3, 0.4) is 0 Å². The lowest BCUT2D eigenvalue weighted by atomic mass is 9.97. The highest BCUT2D eigenvalue weighted by Crippen LogP contribution is 2.27. The number of rotatable bonds is 5. The van der Waals surface area contributed by atoms with E-state index in [9.17, 15) is 5.11 Å². The molecule has 0 bridgehead atoms. The van der Waals surface area contributed by atoms with Crippen molar-refractivity contribution >= 4 is 16.5 Å². The summed E-state index contributed by atoms with van der Waals surface area (Å²) < 4.78 is 0. The molecule has 0 atom stereocenters. The summed E-state index contributed by atoms with van der Waals surface area (Å²) in [5, 5.41) is 24.8. The van der Waals surface area contributed by atoms with Gasteiger partial charge in [-0.3, -0.25) is 0 Å². The molecule has 0 radical (unpaired) electrons. The fraction of sp³-hybridized carbons (Fsp3) is 0.353. The summed E-state index contributed by atoms with van der Waals surface area (Å²) in [4.78, 5) is 0. The van der Waals surface area contributed by atoms with E-state index in [-0.39, 0.29) is 0 Å². The molecule has 0 aliphatic rings. The van der Waals surface area contributed by atoms with E-state index in [1.807, 2.05) is 50.2 Å². The van der Waals surface area contributed by atoms with Gasteiger partial charge < -0.3 is 10.4 Å². The van der Waals surface area contributed by atoms with E-state index in [1.165, 1.54) is 0 Å². The van der Waals surface area contributed by atoms with E-state index in [1.54, 1.807) is 0 Å². The van der Waals surface area contributed by atoms with Gasteiger partial charge in [0.1, 0.15) is 0 Å². The maximum atomic E-state index is 10.3. The SMILES string of the molecule is CCC(O)(CC)CNc1ccc(C#N)c2ccccc12. The smallest absolute Gasteiger partial charge is 0.0998 e. The van der Waals surface area contributed by atoms with Gasteiger partial charge in [-0.15, -0.1) is 0 Å². The van der Waals surface area contributed by atoms with E-state index in [0.717, 1.165) is 16.5 Å². The number of nitriles is 1. The molecule has 0 saturated carbocycles. The minimum Gasteiger partial charge on any atom is -0.388 e. The van der Waals surface area contributed by atoms with E-state index in [2.05, 4.69) is 11.4 Å². The molecule has 0 aromatic heterocycles. The predicted octanol–water partition coefficient (Wildman–Crippen LogP) is 3.67. The molecule has 2 aromatic rings. The van der Waals surface area contributed by atoms with Crippen molar-refractivity contribution in [2.45, 2.75) is 32.3 Å². The van der Waals surface area contributed by atoms with Gasteiger partial charge in [0, 0.05) is 23.0 Å². The summed E-state index contributed by atoms with van der Waals surface area (Å²) in [6, 6.07) is 13.8. The molecule has 2 N–H and O–H groups in total. The van der Waals surface area contributed by atoms with E-state index >= 15 is 0 Å². The monoisotopic (exact) mass is 268 g/mol. The van der Waals surface area contributed by atoms with Crippen LogP contribution in [0.5, 0.6) is 0 Å². The van der Waals surface area contributed by atoms with Crippen LogP contribution in [-0.2, 0) is 0 Å². The van der Waals surface area contributed by atoms with Gasteiger partial charge in [-0.2, -0.15) is 5.26 Å². The Bertz CT molecular complexity index is 639. The molecular formula is C17H20N2O. The third kappa shape index (κ3) is 2.76. The van der Waals surface area contributed by atoms with Crippen molar-refractivity contribution < 1.29 is 5.11 Å². The Morgan fingerprint density at radius 2 is 1.75 bits per heavy atom. The molecule has 2 rings (SSSR count). The van der Waals surface area contributed by atoms with Gasteiger partial charge in [0.25, 0.3) is 0 Å². The molecule has 0 spiro atoms. The van der Waals surface area contributed by atoms with Crippen LogP contribution in [-0.4, -0.2) is 17.3 Å². The zero-order valence-electron chi connectivity index (χ0n) is 12.0. The summed E-state index contributed by atoms with van der Waals surface area (Å²) in [6.07, 6.45) is 1.43. The van der Waals surface area contributed by atoms with Crippen LogP contribution in [0.4, 0.5) is 5.69 Å². The molecule has 0 unspecified atom stereocenters. The van der Waals surface area contributed by atoms with Crippen LogP contribution in [0.2, 0.25) is 0 Å². The third-order valence-electron chi connectivity index (χ3n) is 3.97. The molecule has 0 fully saturated rings.